The van der Waals surface area contributed by atoms with Crippen molar-refractivity contribution in [2.75, 3.05) is 12.9 Å². The molecule has 0 saturated heterocycles. The van der Waals surface area contributed by atoms with Crippen molar-refractivity contribution in [2.24, 2.45) is 0 Å². The lowest BCUT2D eigenvalue weighted by molar-refractivity contribution is -0.137. The van der Waals surface area contributed by atoms with E-state index in [0.717, 1.165) is 19.2 Å². The summed E-state index contributed by atoms with van der Waals surface area (Å²) in [5, 5.41) is 0. The summed E-state index contributed by atoms with van der Waals surface area (Å²) in [5.74, 6) is -4.12. The average Bonchev–Trinajstić information content (AvgIpc) is 2.16. The first-order valence-electron chi connectivity index (χ1n) is 4.11. The smallest absolute Gasteiger partial charge is 0.321 e. The van der Waals surface area contributed by atoms with E-state index in [1.807, 2.05) is 0 Å². The van der Waals surface area contributed by atoms with Crippen LogP contribution in [0, 0.1) is 11.6 Å². The van der Waals surface area contributed by atoms with E-state index < -0.39 is 38.1 Å². The molecule has 16 heavy (non-hydrogen) atoms. The number of halogens is 2. The molecule has 0 amide bonds. The minimum atomic E-state index is -4.14. The predicted molar refractivity (Wildman–Crippen MR) is 50.4 cm³/mol. The summed E-state index contributed by atoms with van der Waals surface area (Å²) in [5.41, 5.74) is 0. The molecule has 0 heterocycles. The number of hydrogen-bond acceptors (Lipinski definition) is 4. The lowest BCUT2D eigenvalue weighted by Gasteiger charge is -2.04. The van der Waals surface area contributed by atoms with E-state index in [4.69, 9.17) is 0 Å². The second kappa shape index (κ2) is 4.56. The highest BCUT2D eigenvalue weighted by molar-refractivity contribution is 7.92. The molecule has 4 nitrogen and oxygen atoms in total. The third kappa shape index (κ3) is 2.75. The number of hydrogen-bond donors (Lipinski definition) is 0. The fourth-order valence-corrected chi connectivity index (χ4v) is 2.23. The van der Waals surface area contributed by atoms with Crippen LogP contribution in [0.3, 0.4) is 0 Å². The van der Waals surface area contributed by atoms with Crippen LogP contribution in [-0.2, 0) is 19.4 Å². The lowest BCUT2D eigenvalue weighted by atomic mass is 10.3. The van der Waals surface area contributed by atoms with E-state index >= 15 is 0 Å². The van der Waals surface area contributed by atoms with Crippen LogP contribution in [0.4, 0.5) is 8.78 Å². The largest absolute Gasteiger partial charge is 0.468 e. The maximum Gasteiger partial charge on any atom is 0.321 e. The van der Waals surface area contributed by atoms with Gasteiger partial charge in [-0.25, -0.2) is 17.2 Å². The fourth-order valence-electron chi connectivity index (χ4n) is 1.02. The molecule has 0 aliphatic heterocycles. The SMILES string of the molecule is COC(=O)CS(=O)(=O)c1ccc(F)cc1F. The highest BCUT2D eigenvalue weighted by Crippen LogP contribution is 2.17. The van der Waals surface area contributed by atoms with Crippen LogP contribution >= 0.6 is 0 Å². The van der Waals surface area contributed by atoms with Crippen molar-refractivity contribution in [3.8, 4) is 0 Å². The Morgan fingerprint density at radius 3 is 2.50 bits per heavy atom. The predicted octanol–water partition coefficient (Wildman–Crippen LogP) is 0.912. The van der Waals surface area contributed by atoms with Gasteiger partial charge in [0.1, 0.15) is 16.5 Å². The first kappa shape index (κ1) is 12.6. The van der Waals surface area contributed by atoms with Gasteiger partial charge in [0.15, 0.2) is 15.6 Å². The van der Waals surface area contributed by atoms with Crippen LogP contribution in [0.25, 0.3) is 0 Å². The van der Waals surface area contributed by atoms with Crippen LogP contribution < -0.4 is 0 Å². The standard InChI is InChI=1S/C9H8F2O4S/c1-15-9(12)5-16(13,14)8-3-2-6(10)4-7(8)11/h2-4H,5H2,1H3. The fraction of sp³-hybridized carbons (Fsp3) is 0.222. The number of sulfone groups is 1. The van der Waals surface area contributed by atoms with Gasteiger partial charge >= 0.3 is 5.97 Å². The van der Waals surface area contributed by atoms with Crippen molar-refractivity contribution >= 4 is 15.8 Å². The average molecular weight is 250 g/mol. The zero-order valence-corrected chi connectivity index (χ0v) is 9.05. The van der Waals surface area contributed by atoms with Gasteiger partial charge in [-0.2, -0.15) is 0 Å². The summed E-state index contributed by atoms with van der Waals surface area (Å²) >= 11 is 0. The lowest BCUT2D eigenvalue weighted by Crippen LogP contribution is -2.18. The topological polar surface area (TPSA) is 60.4 Å². The van der Waals surface area contributed by atoms with Crippen molar-refractivity contribution < 1.29 is 26.7 Å². The van der Waals surface area contributed by atoms with Gasteiger partial charge in [-0.15, -0.1) is 0 Å². The third-order valence-corrected chi connectivity index (χ3v) is 3.38. The molecule has 0 aromatic heterocycles. The molecule has 0 fully saturated rings. The first-order valence-corrected chi connectivity index (χ1v) is 5.76. The molecular formula is C9H8F2O4S. The molecule has 7 heteroatoms. The van der Waals surface area contributed by atoms with Crippen LogP contribution in [0.5, 0.6) is 0 Å². The Kier molecular flexibility index (Phi) is 3.58. The molecule has 1 aromatic rings. The molecule has 1 rings (SSSR count). The highest BCUT2D eigenvalue weighted by atomic mass is 32.2. The molecule has 0 unspecified atom stereocenters. The van der Waals surface area contributed by atoms with Crippen LogP contribution in [0.1, 0.15) is 0 Å². The zero-order valence-electron chi connectivity index (χ0n) is 8.24. The second-order valence-corrected chi connectivity index (χ2v) is 4.87. The van der Waals surface area contributed by atoms with E-state index in [1.54, 1.807) is 0 Å². The van der Waals surface area contributed by atoms with Gasteiger partial charge in [-0.1, -0.05) is 0 Å². The molecule has 0 saturated carbocycles. The van der Waals surface area contributed by atoms with Crippen molar-refractivity contribution in [3.05, 3.63) is 29.8 Å². The van der Waals surface area contributed by atoms with Gasteiger partial charge in [0.05, 0.1) is 7.11 Å². The van der Waals surface area contributed by atoms with Crippen LogP contribution in [0.15, 0.2) is 23.1 Å². The molecular weight excluding hydrogens is 242 g/mol. The van der Waals surface area contributed by atoms with Gasteiger partial charge in [-0.05, 0) is 12.1 Å². The Morgan fingerprint density at radius 2 is 2.00 bits per heavy atom. The molecule has 1 aromatic carbocycles. The Morgan fingerprint density at radius 1 is 1.38 bits per heavy atom. The Labute approximate surface area is 90.8 Å². The molecule has 0 atom stereocenters. The summed E-state index contributed by atoms with van der Waals surface area (Å²) in [6.45, 7) is 0. The van der Waals surface area contributed by atoms with Gasteiger partial charge < -0.3 is 4.74 Å². The summed E-state index contributed by atoms with van der Waals surface area (Å²) in [6, 6.07) is 2.00. The number of methoxy groups -OCH3 is 1. The van der Waals surface area contributed by atoms with Crippen LogP contribution in [-0.4, -0.2) is 27.2 Å². The summed E-state index contributed by atoms with van der Waals surface area (Å²) in [4.78, 5) is 10.1. The van der Waals surface area contributed by atoms with Crippen LogP contribution in [0.2, 0.25) is 0 Å². The number of esters is 1. The summed E-state index contributed by atoms with van der Waals surface area (Å²) < 4.78 is 52.8. The molecule has 0 radical (unpaired) electrons. The molecule has 0 bridgehead atoms. The highest BCUT2D eigenvalue weighted by Gasteiger charge is 2.23. The van der Waals surface area contributed by atoms with Crippen molar-refractivity contribution in [3.63, 3.8) is 0 Å². The molecule has 0 spiro atoms. The van der Waals surface area contributed by atoms with Gasteiger partial charge in [0, 0.05) is 6.07 Å². The quantitative estimate of drug-likeness (QED) is 0.591. The van der Waals surface area contributed by atoms with E-state index in [0.29, 0.717) is 6.07 Å². The Hall–Kier alpha value is -1.50. The van der Waals surface area contributed by atoms with E-state index in [9.17, 15) is 22.0 Å². The van der Waals surface area contributed by atoms with Crippen molar-refractivity contribution in [1.29, 1.82) is 0 Å². The Bertz CT molecular complexity index is 510. The number of rotatable bonds is 3. The maximum atomic E-state index is 13.1. The van der Waals surface area contributed by atoms with E-state index in [1.165, 1.54) is 0 Å². The zero-order chi connectivity index (χ0) is 12.3. The summed E-state index contributed by atoms with van der Waals surface area (Å²) in [6.07, 6.45) is 0. The minimum absolute atomic E-state index is 0.435. The van der Waals surface area contributed by atoms with E-state index in [2.05, 4.69) is 4.74 Å². The number of carbonyl (C=O) groups excluding carboxylic acids is 1. The molecule has 0 aliphatic rings. The van der Waals surface area contributed by atoms with Gasteiger partial charge in [0.25, 0.3) is 0 Å². The minimum Gasteiger partial charge on any atom is -0.468 e. The van der Waals surface area contributed by atoms with Crippen molar-refractivity contribution in [1.82, 2.24) is 0 Å². The van der Waals surface area contributed by atoms with Gasteiger partial charge in [0.2, 0.25) is 0 Å². The summed E-state index contributed by atoms with van der Waals surface area (Å²) in [7, 11) is -3.12. The normalized spacial score (nSPS) is 11.2. The van der Waals surface area contributed by atoms with Gasteiger partial charge in [-0.3, -0.25) is 4.79 Å². The molecule has 0 aliphatic carbocycles. The number of carbonyl (C=O) groups is 1. The number of benzene rings is 1. The number of ether oxygens (including phenoxy) is 1. The second-order valence-electron chi connectivity index (χ2n) is 2.91. The first-order chi connectivity index (χ1) is 7.36. The molecule has 0 N–H and O–H groups in total. The monoisotopic (exact) mass is 250 g/mol. The van der Waals surface area contributed by atoms with E-state index in [-0.39, 0.29) is 0 Å². The maximum absolute atomic E-state index is 13.1. The third-order valence-electron chi connectivity index (χ3n) is 1.76. The Balaban J connectivity index is 3.13. The molecule has 88 valence electrons. The van der Waals surface area contributed by atoms with Crippen molar-refractivity contribution in [2.45, 2.75) is 4.90 Å².